The van der Waals surface area contributed by atoms with Gasteiger partial charge in [0.05, 0.1) is 37.1 Å². The van der Waals surface area contributed by atoms with Gasteiger partial charge < -0.3 is 25.0 Å². The Balaban J connectivity index is 1.55. The van der Waals surface area contributed by atoms with Crippen LogP contribution in [0.2, 0.25) is 0 Å². The van der Waals surface area contributed by atoms with Gasteiger partial charge >= 0.3 is 0 Å². The standard InChI is InChI=1S/C37H46N4O4/c1-6-41(7-2)21-13-14-27(4)38-37(43)34(25-45-24-28-15-9-8-10-16-28)40-36(42)31-23-33(39-32-18-12-11-17-30(31)32)29-19-20-35(44-5)26(3)22-29/h8-12,15-20,22-23,27,34H,6-7,13-14,21,24-25H2,1-5H3,(H,38,43)(H,40,42). The van der Waals surface area contributed by atoms with E-state index >= 15 is 0 Å². The van der Waals surface area contributed by atoms with Crippen molar-refractivity contribution in [2.24, 2.45) is 0 Å². The molecule has 4 aromatic rings. The number of fused-ring (bicyclic) bond motifs is 1. The zero-order valence-corrected chi connectivity index (χ0v) is 27.1. The van der Waals surface area contributed by atoms with Crippen LogP contribution in [0.5, 0.6) is 5.75 Å². The summed E-state index contributed by atoms with van der Waals surface area (Å²) >= 11 is 0. The number of nitrogens with zero attached hydrogens (tertiary/aromatic N) is 2. The molecule has 8 heteroatoms. The number of pyridine rings is 1. The molecule has 0 saturated heterocycles. The number of para-hydroxylation sites is 1. The van der Waals surface area contributed by atoms with Gasteiger partial charge in [-0.2, -0.15) is 0 Å². The van der Waals surface area contributed by atoms with Crippen LogP contribution in [-0.4, -0.2) is 67.1 Å². The number of methoxy groups -OCH3 is 1. The van der Waals surface area contributed by atoms with E-state index in [2.05, 4.69) is 29.4 Å². The lowest BCUT2D eigenvalue weighted by molar-refractivity contribution is -0.125. The van der Waals surface area contributed by atoms with Gasteiger partial charge in [-0.25, -0.2) is 4.98 Å². The molecule has 2 N–H and O–H groups in total. The fourth-order valence-corrected chi connectivity index (χ4v) is 5.41. The Labute approximate surface area is 267 Å². The van der Waals surface area contributed by atoms with Gasteiger partial charge in [0, 0.05) is 17.0 Å². The second-order valence-corrected chi connectivity index (χ2v) is 11.4. The molecular weight excluding hydrogens is 564 g/mol. The molecule has 2 unspecified atom stereocenters. The maximum absolute atomic E-state index is 14.0. The third-order valence-electron chi connectivity index (χ3n) is 8.06. The van der Waals surface area contributed by atoms with Gasteiger partial charge in [0.15, 0.2) is 0 Å². The molecule has 45 heavy (non-hydrogen) atoms. The van der Waals surface area contributed by atoms with E-state index in [0.717, 1.165) is 54.9 Å². The summed E-state index contributed by atoms with van der Waals surface area (Å²) in [7, 11) is 1.64. The number of amides is 2. The van der Waals surface area contributed by atoms with Crippen LogP contribution < -0.4 is 15.4 Å². The summed E-state index contributed by atoms with van der Waals surface area (Å²) < 4.78 is 11.4. The fourth-order valence-electron chi connectivity index (χ4n) is 5.41. The molecule has 0 aliphatic carbocycles. The number of carbonyl (C=O) groups excluding carboxylic acids is 2. The van der Waals surface area contributed by atoms with E-state index < -0.39 is 6.04 Å². The van der Waals surface area contributed by atoms with Crippen LogP contribution in [0.15, 0.2) is 78.9 Å². The fraction of sp³-hybridized carbons (Fsp3) is 0.378. The summed E-state index contributed by atoms with van der Waals surface area (Å²) in [4.78, 5) is 34.8. The Morgan fingerprint density at radius 1 is 0.933 bits per heavy atom. The van der Waals surface area contributed by atoms with Crippen molar-refractivity contribution in [1.82, 2.24) is 20.5 Å². The van der Waals surface area contributed by atoms with Crippen molar-refractivity contribution >= 4 is 22.7 Å². The Hall–Kier alpha value is -4.27. The number of aryl methyl sites for hydroxylation is 1. The number of carbonyl (C=O) groups is 2. The van der Waals surface area contributed by atoms with Gasteiger partial charge in [0.2, 0.25) is 5.91 Å². The maximum Gasteiger partial charge on any atom is 0.252 e. The van der Waals surface area contributed by atoms with Gasteiger partial charge in [-0.1, -0.05) is 62.4 Å². The maximum atomic E-state index is 14.0. The highest BCUT2D eigenvalue weighted by atomic mass is 16.5. The molecule has 4 rings (SSSR count). The van der Waals surface area contributed by atoms with Crippen molar-refractivity contribution in [1.29, 1.82) is 0 Å². The van der Waals surface area contributed by atoms with Crippen LogP contribution in [0.4, 0.5) is 0 Å². The first-order chi connectivity index (χ1) is 21.8. The summed E-state index contributed by atoms with van der Waals surface area (Å²) in [5.74, 6) is 0.151. The lowest BCUT2D eigenvalue weighted by Gasteiger charge is -2.23. The normalized spacial score (nSPS) is 12.6. The zero-order valence-electron chi connectivity index (χ0n) is 27.1. The van der Waals surface area contributed by atoms with Crippen LogP contribution in [0.25, 0.3) is 22.2 Å². The largest absolute Gasteiger partial charge is 0.496 e. The molecule has 0 aliphatic rings. The number of aromatic nitrogens is 1. The van der Waals surface area contributed by atoms with E-state index in [9.17, 15) is 9.59 Å². The van der Waals surface area contributed by atoms with Gasteiger partial charge in [-0.3, -0.25) is 9.59 Å². The molecule has 0 aliphatic heterocycles. The average Bonchev–Trinajstić information content (AvgIpc) is 3.06. The molecule has 8 nitrogen and oxygen atoms in total. The van der Waals surface area contributed by atoms with E-state index in [1.165, 1.54) is 0 Å². The Morgan fingerprint density at radius 3 is 2.38 bits per heavy atom. The number of hydrogen-bond donors (Lipinski definition) is 2. The van der Waals surface area contributed by atoms with Crippen LogP contribution in [0.3, 0.4) is 0 Å². The Morgan fingerprint density at radius 2 is 1.67 bits per heavy atom. The third-order valence-corrected chi connectivity index (χ3v) is 8.06. The molecule has 0 saturated carbocycles. The van der Waals surface area contributed by atoms with Gasteiger partial charge in [0.1, 0.15) is 11.8 Å². The number of rotatable bonds is 16. The van der Waals surface area contributed by atoms with Crippen LogP contribution in [-0.2, 0) is 16.1 Å². The quantitative estimate of drug-likeness (QED) is 0.158. The number of nitrogens with one attached hydrogen (secondary N) is 2. The van der Waals surface area contributed by atoms with E-state index in [1.807, 2.05) is 86.6 Å². The van der Waals surface area contributed by atoms with Crippen molar-refractivity contribution in [3.8, 4) is 17.0 Å². The highest BCUT2D eigenvalue weighted by molar-refractivity contribution is 6.08. The second-order valence-electron chi connectivity index (χ2n) is 11.4. The molecule has 2 amide bonds. The van der Waals surface area contributed by atoms with Crippen LogP contribution in [0, 0.1) is 6.92 Å². The molecule has 0 spiro atoms. The van der Waals surface area contributed by atoms with E-state index in [0.29, 0.717) is 28.8 Å². The molecule has 0 bridgehead atoms. The van der Waals surface area contributed by atoms with Crippen LogP contribution in [0.1, 0.15) is 55.1 Å². The van der Waals surface area contributed by atoms with E-state index in [1.54, 1.807) is 13.2 Å². The second kappa shape index (κ2) is 16.7. The summed E-state index contributed by atoms with van der Waals surface area (Å²) in [6, 6.07) is 24.0. The molecule has 1 heterocycles. The highest BCUT2D eigenvalue weighted by Gasteiger charge is 2.25. The van der Waals surface area contributed by atoms with Crippen molar-refractivity contribution < 1.29 is 19.1 Å². The number of hydrogen-bond acceptors (Lipinski definition) is 6. The van der Waals surface area contributed by atoms with E-state index in [4.69, 9.17) is 14.5 Å². The zero-order chi connectivity index (χ0) is 32.2. The summed E-state index contributed by atoms with van der Waals surface area (Å²) in [6.07, 6.45) is 1.81. The molecule has 0 radical (unpaired) electrons. The molecule has 0 fully saturated rings. The molecule has 3 aromatic carbocycles. The first-order valence-electron chi connectivity index (χ1n) is 15.8. The lowest BCUT2D eigenvalue weighted by Crippen LogP contribution is -2.51. The first-order valence-corrected chi connectivity index (χ1v) is 15.8. The molecular formula is C37H46N4O4. The van der Waals surface area contributed by atoms with Crippen molar-refractivity contribution in [3.63, 3.8) is 0 Å². The molecule has 2 atom stereocenters. The SMILES string of the molecule is CCN(CC)CCCC(C)NC(=O)C(COCc1ccccc1)NC(=O)c1cc(-c2ccc(OC)c(C)c2)nc2ccccc12. The van der Waals surface area contributed by atoms with Gasteiger partial charge in [-0.05, 0) is 87.8 Å². The predicted molar refractivity (Wildman–Crippen MR) is 180 cm³/mol. The molecule has 238 valence electrons. The minimum absolute atomic E-state index is 0.0339. The average molecular weight is 611 g/mol. The van der Waals surface area contributed by atoms with Crippen molar-refractivity contribution in [2.45, 2.75) is 59.2 Å². The Kier molecular flexibility index (Phi) is 12.5. The third kappa shape index (κ3) is 9.36. The number of ether oxygens (including phenoxy) is 2. The van der Waals surface area contributed by atoms with Crippen LogP contribution >= 0.6 is 0 Å². The van der Waals surface area contributed by atoms with Gasteiger partial charge in [0.25, 0.3) is 5.91 Å². The summed E-state index contributed by atoms with van der Waals surface area (Å²) in [5, 5.41) is 6.80. The Bertz CT molecular complexity index is 1560. The van der Waals surface area contributed by atoms with E-state index in [-0.39, 0.29) is 24.5 Å². The van der Waals surface area contributed by atoms with Gasteiger partial charge in [-0.15, -0.1) is 0 Å². The lowest BCUT2D eigenvalue weighted by atomic mass is 10.0. The predicted octanol–water partition coefficient (Wildman–Crippen LogP) is 6.16. The monoisotopic (exact) mass is 610 g/mol. The minimum atomic E-state index is -0.884. The smallest absolute Gasteiger partial charge is 0.252 e. The first kappa shape index (κ1) is 33.6. The topological polar surface area (TPSA) is 92.8 Å². The van der Waals surface area contributed by atoms with Crippen molar-refractivity contribution in [3.05, 3.63) is 95.6 Å². The summed E-state index contributed by atoms with van der Waals surface area (Å²) in [6.45, 7) is 11.7. The van der Waals surface area contributed by atoms with Crippen molar-refractivity contribution in [2.75, 3.05) is 33.4 Å². The minimum Gasteiger partial charge on any atom is -0.496 e. The number of benzene rings is 3. The molecule has 1 aromatic heterocycles. The highest BCUT2D eigenvalue weighted by Crippen LogP contribution is 2.28. The summed E-state index contributed by atoms with van der Waals surface area (Å²) in [5.41, 5.74) is 4.62.